The SMILES string of the molecule is CN=C(NCCOc1ccc(Cl)cn1)N(C)Cc1cc(Cl)cn1C.I. The van der Waals surface area contributed by atoms with E-state index in [1.54, 1.807) is 25.4 Å². The van der Waals surface area contributed by atoms with Gasteiger partial charge in [-0.1, -0.05) is 23.2 Å². The van der Waals surface area contributed by atoms with Gasteiger partial charge in [-0.2, -0.15) is 0 Å². The first-order valence-electron chi connectivity index (χ1n) is 7.46. The minimum Gasteiger partial charge on any atom is -0.476 e. The predicted octanol–water partition coefficient (Wildman–Crippen LogP) is 3.43. The van der Waals surface area contributed by atoms with E-state index in [-0.39, 0.29) is 24.0 Å². The summed E-state index contributed by atoms with van der Waals surface area (Å²) in [6.07, 6.45) is 3.44. The second kappa shape index (κ2) is 10.7. The molecule has 0 aliphatic heterocycles. The minimum atomic E-state index is 0. The summed E-state index contributed by atoms with van der Waals surface area (Å²) in [6.45, 7) is 1.77. The highest BCUT2D eigenvalue weighted by Gasteiger charge is 2.09. The van der Waals surface area contributed by atoms with Crippen molar-refractivity contribution in [1.82, 2.24) is 19.8 Å². The third-order valence-electron chi connectivity index (χ3n) is 3.38. The number of aryl methyl sites for hydroxylation is 1. The van der Waals surface area contributed by atoms with E-state index >= 15 is 0 Å². The molecule has 0 bridgehead atoms. The Balaban J connectivity index is 0.00000312. The number of pyridine rings is 1. The molecule has 0 spiro atoms. The van der Waals surface area contributed by atoms with Gasteiger partial charge in [-0.05, 0) is 12.1 Å². The molecule has 0 atom stereocenters. The number of ether oxygens (including phenoxy) is 1. The van der Waals surface area contributed by atoms with Crippen LogP contribution >= 0.6 is 47.2 Å². The Kier molecular flexibility index (Phi) is 9.37. The summed E-state index contributed by atoms with van der Waals surface area (Å²) in [6, 6.07) is 5.43. The number of aromatic nitrogens is 2. The van der Waals surface area contributed by atoms with Crippen LogP contribution in [0, 0.1) is 0 Å². The number of hydrogen-bond acceptors (Lipinski definition) is 3. The highest BCUT2D eigenvalue weighted by molar-refractivity contribution is 14.0. The molecule has 6 nitrogen and oxygen atoms in total. The van der Waals surface area contributed by atoms with Gasteiger partial charge in [0.1, 0.15) is 6.61 Å². The van der Waals surface area contributed by atoms with E-state index in [0.29, 0.717) is 30.6 Å². The van der Waals surface area contributed by atoms with Crippen molar-refractivity contribution in [3.8, 4) is 5.88 Å². The van der Waals surface area contributed by atoms with Crippen LogP contribution in [0.15, 0.2) is 35.6 Å². The van der Waals surface area contributed by atoms with E-state index in [4.69, 9.17) is 27.9 Å². The van der Waals surface area contributed by atoms with Crippen LogP contribution in [-0.4, -0.2) is 47.7 Å². The minimum absolute atomic E-state index is 0. The molecule has 0 unspecified atom stereocenters. The van der Waals surface area contributed by atoms with Gasteiger partial charge < -0.3 is 19.5 Å². The monoisotopic (exact) mass is 497 g/mol. The van der Waals surface area contributed by atoms with Crippen LogP contribution in [0.25, 0.3) is 0 Å². The van der Waals surface area contributed by atoms with Gasteiger partial charge in [-0.15, -0.1) is 24.0 Å². The van der Waals surface area contributed by atoms with Gasteiger partial charge in [-0.3, -0.25) is 4.99 Å². The standard InChI is InChI=1S/C16H21Cl2N5O.HI/c1-19-16(23(3)11-14-8-13(18)10-22(14)2)20-6-7-24-15-5-4-12(17)9-21-15;/h4-5,8-10H,6-7,11H2,1-3H3,(H,19,20);1H. The van der Waals surface area contributed by atoms with Crippen molar-refractivity contribution < 1.29 is 4.74 Å². The fourth-order valence-corrected chi connectivity index (χ4v) is 2.58. The maximum absolute atomic E-state index is 6.02. The molecule has 0 saturated carbocycles. The number of halogens is 3. The van der Waals surface area contributed by atoms with Crippen molar-refractivity contribution in [2.75, 3.05) is 27.2 Å². The van der Waals surface area contributed by atoms with Crippen molar-refractivity contribution in [3.05, 3.63) is 46.3 Å². The number of aliphatic imine (C=N–C) groups is 1. The molecule has 9 heteroatoms. The van der Waals surface area contributed by atoms with Crippen molar-refractivity contribution in [2.45, 2.75) is 6.54 Å². The molecule has 0 saturated heterocycles. The third-order valence-corrected chi connectivity index (χ3v) is 3.81. The Morgan fingerprint density at radius 1 is 1.36 bits per heavy atom. The summed E-state index contributed by atoms with van der Waals surface area (Å²) in [7, 11) is 5.69. The van der Waals surface area contributed by atoms with Gasteiger partial charge in [0.2, 0.25) is 5.88 Å². The van der Waals surface area contributed by atoms with E-state index in [1.807, 2.05) is 35.8 Å². The molecule has 138 valence electrons. The lowest BCUT2D eigenvalue weighted by Crippen LogP contribution is -2.40. The first-order chi connectivity index (χ1) is 11.5. The Hall–Kier alpha value is -1.19. The Bertz CT molecular complexity index is 690. The van der Waals surface area contributed by atoms with Gasteiger partial charge in [0.25, 0.3) is 0 Å². The molecule has 2 rings (SSSR count). The maximum atomic E-state index is 6.02. The number of nitrogens with zero attached hydrogens (tertiary/aromatic N) is 4. The quantitative estimate of drug-likeness (QED) is 0.287. The predicted molar refractivity (Wildman–Crippen MR) is 113 cm³/mol. The lowest BCUT2D eigenvalue weighted by Gasteiger charge is -2.22. The molecule has 0 amide bonds. The van der Waals surface area contributed by atoms with Crippen molar-refractivity contribution in [2.24, 2.45) is 12.0 Å². The van der Waals surface area contributed by atoms with E-state index in [2.05, 4.69) is 15.3 Å². The summed E-state index contributed by atoms with van der Waals surface area (Å²) in [4.78, 5) is 10.4. The fourth-order valence-electron chi connectivity index (χ4n) is 2.19. The number of nitrogens with one attached hydrogen (secondary N) is 1. The van der Waals surface area contributed by atoms with Crippen LogP contribution in [0.1, 0.15) is 5.69 Å². The van der Waals surface area contributed by atoms with Crippen LogP contribution in [0.2, 0.25) is 10.0 Å². The summed E-state index contributed by atoms with van der Waals surface area (Å²) >= 11 is 11.8. The topological polar surface area (TPSA) is 54.7 Å². The van der Waals surface area contributed by atoms with Crippen molar-refractivity contribution in [3.63, 3.8) is 0 Å². The van der Waals surface area contributed by atoms with Crippen molar-refractivity contribution in [1.29, 1.82) is 0 Å². The van der Waals surface area contributed by atoms with Gasteiger partial charge in [-0.25, -0.2) is 4.98 Å². The van der Waals surface area contributed by atoms with Crippen LogP contribution in [0.5, 0.6) is 5.88 Å². The van der Waals surface area contributed by atoms with E-state index < -0.39 is 0 Å². The summed E-state index contributed by atoms with van der Waals surface area (Å²) in [5.41, 5.74) is 1.10. The molecule has 0 fully saturated rings. The van der Waals surface area contributed by atoms with Crippen molar-refractivity contribution >= 4 is 53.1 Å². The van der Waals surface area contributed by atoms with Crippen LogP contribution in [0.4, 0.5) is 0 Å². The molecule has 0 radical (unpaired) electrons. The Morgan fingerprint density at radius 3 is 2.68 bits per heavy atom. The lowest BCUT2D eigenvalue weighted by atomic mass is 10.4. The molecule has 2 aromatic rings. The molecule has 0 aromatic carbocycles. The van der Waals surface area contributed by atoms with Crippen LogP contribution < -0.4 is 10.1 Å². The summed E-state index contributed by atoms with van der Waals surface area (Å²) < 4.78 is 7.55. The average molecular weight is 498 g/mol. The summed E-state index contributed by atoms with van der Waals surface area (Å²) in [5.74, 6) is 1.32. The largest absolute Gasteiger partial charge is 0.476 e. The summed E-state index contributed by atoms with van der Waals surface area (Å²) in [5, 5.41) is 4.57. The molecule has 2 aromatic heterocycles. The molecule has 25 heavy (non-hydrogen) atoms. The zero-order valence-electron chi connectivity index (χ0n) is 14.4. The maximum Gasteiger partial charge on any atom is 0.213 e. The smallest absolute Gasteiger partial charge is 0.213 e. The molecule has 0 aliphatic rings. The van der Waals surface area contributed by atoms with Gasteiger partial charge in [0, 0.05) is 45.3 Å². The first-order valence-corrected chi connectivity index (χ1v) is 8.22. The zero-order valence-corrected chi connectivity index (χ0v) is 18.2. The normalized spacial score (nSPS) is 11.0. The number of hydrogen-bond donors (Lipinski definition) is 1. The number of guanidine groups is 1. The lowest BCUT2D eigenvalue weighted by molar-refractivity contribution is 0.307. The second-order valence-corrected chi connectivity index (χ2v) is 6.13. The first kappa shape index (κ1) is 21.9. The van der Waals surface area contributed by atoms with Gasteiger partial charge in [0.05, 0.1) is 23.1 Å². The third kappa shape index (κ3) is 6.91. The zero-order chi connectivity index (χ0) is 17.5. The van der Waals surface area contributed by atoms with E-state index in [0.717, 1.165) is 16.7 Å². The Labute approximate surface area is 175 Å². The van der Waals surface area contributed by atoms with Gasteiger partial charge >= 0.3 is 0 Å². The van der Waals surface area contributed by atoms with Crippen LogP contribution in [-0.2, 0) is 13.6 Å². The highest BCUT2D eigenvalue weighted by atomic mass is 127. The van der Waals surface area contributed by atoms with E-state index in [1.165, 1.54) is 0 Å². The van der Waals surface area contributed by atoms with Gasteiger partial charge in [0.15, 0.2) is 5.96 Å². The molecular weight excluding hydrogens is 476 g/mol. The Morgan fingerprint density at radius 2 is 2.12 bits per heavy atom. The molecule has 0 aliphatic carbocycles. The molecule has 1 N–H and O–H groups in total. The molecular formula is C16H22Cl2IN5O. The average Bonchev–Trinajstić information content (AvgIpc) is 2.86. The molecule has 2 heterocycles. The second-order valence-electron chi connectivity index (χ2n) is 5.25. The number of rotatable bonds is 6. The van der Waals surface area contributed by atoms with E-state index in [9.17, 15) is 0 Å². The van der Waals surface area contributed by atoms with Crippen LogP contribution in [0.3, 0.4) is 0 Å². The fraction of sp³-hybridized carbons (Fsp3) is 0.375. The highest BCUT2D eigenvalue weighted by Crippen LogP contribution is 2.14.